The van der Waals surface area contributed by atoms with E-state index in [2.05, 4.69) is 25.7 Å². The first-order chi connectivity index (χ1) is 12.8. The number of ether oxygens (including phenoxy) is 1. The highest BCUT2D eigenvalue weighted by Crippen LogP contribution is 2.27. The van der Waals surface area contributed by atoms with Crippen molar-refractivity contribution in [1.82, 2.24) is 30.4 Å². The van der Waals surface area contributed by atoms with Crippen molar-refractivity contribution >= 4 is 18.3 Å². The highest BCUT2D eigenvalue weighted by Gasteiger charge is 2.33. The predicted molar refractivity (Wildman–Crippen MR) is 91.1 cm³/mol. The molecule has 2 N–H and O–H groups in total. The van der Waals surface area contributed by atoms with Crippen molar-refractivity contribution in [3.63, 3.8) is 0 Å². The lowest BCUT2D eigenvalue weighted by molar-refractivity contribution is -0.141. The van der Waals surface area contributed by atoms with Crippen LogP contribution in [-0.2, 0) is 17.5 Å². The van der Waals surface area contributed by atoms with Gasteiger partial charge in [-0.3, -0.25) is 4.79 Å². The first-order valence-electron chi connectivity index (χ1n) is 7.95. The van der Waals surface area contributed by atoms with E-state index in [9.17, 15) is 22.4 Å². The van der Waals surface area contributed by atoms with Crippen LogP contribution in [0.3, 0.4) is 0 Å². The number of rotatable bonds is 5. The molecule has 0 aliphatic carbocycles. The zero-order valence-corrected chi connectivity index (χ0v) is 15.4. The summed E-state index contributed by atoms with van der Waals surface area (Å²) in [6.45, 7) is 0.178. The highest BCUT2D eigenvalue weighted by atomic mass is 35.5. The molecule has 2 unspecified atom stereocenters. The Bertz CT molecular complexity index is 814. The standard InChI is InChI=1S/C15H16F4N6O2.ClH/c1-27-14-8(3-23-13(26)10-2-9(16)4-20-10)7-25(24-14)12-6-21-11(5-22-12)15(17,18)19;/h5-7,9-10,20H,2-4H2,1H3,(H,23,26);1H. The number of nitrogens with zero attached hydrogens (tertiary/aromatic N) is 4. The third-order valence-corrected chi connectivity index (χ3v) is 3.95. The minimum atomic E-state index is -4.59. The number of halogens is 5. The maximum absolute atomic E-state index is 13.2. The van der Waals surface area contributed by atoms with Crippen LogP contribution in [0, 0.1) is 0 Å². The molecule has 1 amide bonds. The van der Waals surface area contributed by atoms with Crippen LogP contribution < -0.4 is 15.4 Å². The van der Waals surface area contributed by atoms with Crippen molar-refractivity contribution in [1.29, 1.82) is 0 Å². The number of alkyl halides is 4. The van der Waals surface area contributed by atoms with Gasteiger partial charge >= 0.3 is 6.18 Å². The quantitative estimate of drug-likeness (QED) is 0.705. The molecule has 154 valence electrons. The van der Waals surface area contributed by atoms with Crippen molar-refractivity contribution in [2.24, 2.45) is 0 Å². The molecule has 3 heterocycles. The van der Waals surface area contributed by atoms with Gasteiger partial charge in [-0.1, -0.05) is 0 Å². The smallest absolute Gasteiger partial charge is 0.434 e. The molecule has 1 saturated heterocycles. The fourth-order valence-corrected chi connectivity index (χ4v) is 2.59. The number of hydrogen-bond acceptors (Lipinski definition) is 6. The first kappa shape index (κ1) is 21.8. The second kappa shape index (κ2) is 8.69. The first-order valence-corrected chi connectivity index (χ1v) is 7.95. The van der Waals surface area contributed by atoms with Gasteiger partial charge in [0, 0.05) is 25.7 Å². The molecule has 3 rings (SSSR count). The van der Waals surface area contributed by atoms with Gasteiger partial charge in [-0.2, -0.15) is 13.2 Å². The van der Waals surface area contributed by atoms with Gasteiger partial charge in [0.2, 0.25) is 11.8 Å². The molecule has 8 nitrogen and oxygen atoms in total. The predicted octanol–water partition coefficient (Wildman–Crippen LogP) is 1.43. The largest absolute Gasteiger partial charge is 0.480 e. The van der Waals surface area contributed by atoms with Crippen LogP contribution in [0.5, 0.6) is 5.88 Å². The van der Waals surface area contributed by atoms with E-state index in [1.54, 1.807) is 0 Å². The lowest BCUT2D eigenvalue weighted by atomic mass is 10.2. The van der Waals surface area contributed by atoms with Gasteiger partial charge in [0.15, 0.2) is 11.5 Å². The van der Waals surface area contributed by atoms with E-state index in [1.165, 1.54) is 18.0 Å². The van der Waals surface area contributed by atoms with E-state index in [1.807, 2.05) is 0 Å². The van der Waals surface area contributed by atoms with Gasteiger partial charge in [0.1, 0.15) is 6.17 Å². The third-order valence-electron chi connectivity index (χ3n) is 3.95. The van der Waals surface area contributed by atoms with E-state index in [-0.39, 0.29) is 49.5 Å². The molecule has 2 atom stereocenters. The maximum atomic E-state index is 13.2. The molecule has 0 bridgehead atoms. The number of methoxy groups -OCH3 is 1. The van der Waals surface area contributed by atoms with E-state index in [0.29, 0.717) is 11.8 Å². The minimum absolute atomic E-state index is 0. The summed E-state index contributed by atoms with van der Waals surface area (Å²) < 4.78 is 57.1. The lowest BCUT2D eigenvalue weighted by Gasteiger charge is -2.10. The van der Waals surface area contributed by atoms with Gasteiger partial charge in [0.05, 0.1) is 31.1 Å². The Labute approximate surface area is 163 Å². The fraction of sp³-hybridized carbons (Fsp3) is 0.467. The molecule has 1 aliphatic rings. The van der Waals surface area contributed by atoms with E-state index >= 15 is 0 Å². The zero-order chi connectivity index (χ0) is 19.6. The normalized spacial score (nSPS) is 19.2. The van der Waals surface area contributed by atoms with Gasteiger partial charge < -0.3 is 15.4 Å². The van der Waals surface area contributed by atoms with Crippen LogP contribution in [0.25, 0.3) is 5.82 Å². The second-order valence-corrected chi connectivity index (χ2v) is 5.88. The molecule has 0 aromatic carbocycles. The molecule has 2 aromatic rings. The van der Waals surface area contributed by atoms with Crippen molar-refractivity contribution in [2.45, 2.75) is 31.4 Å². The second-order valence-electron chi connectivity index (χ2n) is 5.88. The molecule has 2 aromatic heterocycles. The Kier molecular flexibility index (Phi) is 6.77. The Balaban J connectivity index is 0.00000280. The maximum Gasteiger partial charge on any atom is 0.434 e. The van der Waals surface area contributed by atoms with Gasteiger partial charge in [-0.15, -0.1) is 17.5 Å². The molecular formula is C15H17ClF4N6O2. The Morgan fingerprint density at radius 2 is 2.14 bits per heavy atom. The average Bonchev–Trinajstić information content (AvgIpc) is 3.25. The third kappa shape index (κ3) is 4.87. The number of aromatic nitrogens is 4. The van der Waals surface area contributed by atoms with Gasteiger partial charge in [-0.25, -0.2) is 19.0 Å². The molecule has 0 radical (unpaired) electrons. The number of carbonyl (C=O) groups excluding carboxylic acids is 1. The van der Waals surface area contributed by atoms with Crippen LogP contribution in [0.1, 0.15) is 17.7 Å². The van der Waals surface area contributed by atoms with Crippen molar-refractivity contribution in [3.8, 4) is 11.7 Å². The van der Waals surface area contributed by atoms with Gasteiger partial charge in [-0.05, 0) is 0 Å². The summed E-state index contributed by atoms with van der Waals surface area (Å²) in [4.78, 5) is 19.1. The zero-order valence-electron chi connectivity index (χ0n) is 14.5. The molecule has 1 aliphatic heterocycles. The summed E-state index contributed by atoms with van der Waals surface area (Å²) in [6.07, 6.45) is -2.56. The molecule has 0 saturated carbocycles. The van der Waals surface area contributed by atoms with Crippen LogP contribution in [0.2, 0.25) is 0 Å². The summed E-state index contributed by atoms with van der Waals surface area (Å²) in [6, 6.07) is -0.609. The van der Waals surface area contributed by atoms with Crippen LogP contribution in [0.4, 0.5) is 17.6 Å². The number of hydrogen-bond donors (Lipinski definition) is 2. The van der Waals surface area contributed by atoms with E-state index in [0.717, 1.165) is 6.20 Å². The van der Waals surface area contributed by atoms with Crippen molar-refractivity contribution in [3.05, 3.63) is 29.8 Å². The Hall–Kier alpha value is -2.47. The number of carbonyl (C=O) groups is 1. The van der Waals surface area contributed by atoms with Crippen molar-refractivity contribution < 1.29 is 27.1 Å². The molecular weight excluding hydrogens is 408 g/mol. The van der Waals surface area contributed by atoms with E-state index in [4.69, 9.17) is 4.74 Å². The highest BCUT2D eigenvalue weighted by molar-refractivity contribution is 5.85. The average molecular weight is 425 g/mol. The summed E-state index contributed by atoms with van der Waals surface area (Å²) in [5, 5.41) is 9.48. The Morgan fingerprint density at radius 3 is 2.68 bits per heavy atom. The molecule has 0 spiro atoms. The fourth-order valence-electron chi connectivity index (χ4n) is 2.59. The number of nitrogens with one attached hydrogen (secondary N) is 2. The molecule has 1 fully saturated rings. The molecule has 28 heavy (non-hydrogen) atoms. The van der Waals surface area contributed by atoms with Crippen LogP contribution in [-0.4, -0.2) is 51.5 Å². The van der Waals surface area contributed by atoms with Crippen LogP contribution in [0.15, 0.2) is 18.6 Å². The SMILES string of the molecule is COc1nn(-c2cnc(C(F)(F)F)cn2)cc1CNC(=O)C1CC(F)CN1.Cl. The minimum Gasteiger partial charge on any atom is -0.480 e. The topological polar surface area (TPSA) is 94.0 Å². The van der Waals surface area contributed by atoms with E-state index < -0.39 is 24.1 Å². The van der Waals surface area contributed by atoms with Crippen molar-refractivity contribution in [2.75, 3.05) is 13.7 Å². The van der Waals surface area contributed by atoms with Gasteiger partial charge in [0.25, 0.3) is 0 Å². The monoisotopic (exact) mass is 424 g/mol. The Morgan fingerprint density at radius 1 is 1.39 bits per heavy atom. The summed E-state index contributed by atoms with van der Waals surface area (Å²) >= 11 is 0. The summed E-state index contributed by atoms with van der Waals surface area (Å²) in [5.41, 5.74) is -0.643. The summed E-state index contributed by atoms with van der Waals surface area (Å²) in [5.74, 6) is -0.143. The van der Waals surface area contributed by atoms with Crippen LogP contribution >= 0.6 is 12.4 Å². The number of amides is 1. The summed E-state index contributed by atoms with van der Waals surface area (Å²) in [7, 11) is 1.36. The molecule has 13 heteroatoms. The lowest BCUT2D eigenvalue weighted by Crippen LogP contribution is -2.40.